The Hall–Kier alpha value is -1.07. The van der Waals surface area contributed by atoms with Gasteiger partial charge in [-0.1, -0.05) is 19.3 Å². The van der Waals surface area contributed by atoms with E-state index >= 15 is 0 Å². The number of hydrogen-bond donors (Lipinski definition) is 2. The fourth-order valence-electron chi connectivity index (χ4n) is 2.32. The molecule has 0 spiro atoms. The highest BCUT2D eigenvalue weighted by atomic mass is 32.1. The minimum atomic E-state index is -0.0583. The fraction of sp³-hybridized carbons (Fsp3) is 0.643. The van der Waals surface area contributed by atoms with Crippen LogP contribution in [0.4, 0.5) is 5.69 Å². The molecule has 0 atom stereocenters. The molecule has 1 aromatic heterocycles. The van der Waals surface area contributed by atoms with Crippen molar-refractivity contribution in [3.8, 4) is 0 Å². The SMILES string of the molecule is Cc1sc(C(=O)NCCOC2CCCCC2)cc1N. The monoisotopic (exact) mass is 282 g/mol. The van der Waals surface area contributed by atoms with Crippen molar-refractivity contribution in [1.29, 1.82) is 0 Å². The van der Waals surface area contributed by atoms with Gasteiger partial charge in [0.25, 0.3) is 5.91 Å². The first-order chi connectivity index (χ1) is 9.16. The molecule has 19 heavy (non-hydrogen) atoms. The molecule has 1 heterocycles. The number of anilines is 1. The summed E-state index contributed by atoms with van der Waals surface area (Å²) in [6.07, 6.45) is 6.58. The number of carbonyl (C=O) groups excluding carboxylic acids is 1. The summed E-state index contributed by atoms with van der Waals surface area (Å²) < 4.78 is 5.76. The molecular weight excluding hydrogens is 260 g/mol. The van der Waals surface area contributed by atoms with E-state index in [1.807, 2.05) is 6.92 Å². The van der Waals surface area contributed by atoms with Crippen molar-refractivity contribution in [2.75, 3.05) is 18.9 Å². The van der Waals surface area contributed by atoms with Crippen molar-refractivity contribution in [2.24, 2.45) is 0 Å². The first kappa shape index (κ1) is 14.3. The molecule has 0 aliphatic heterocycles. The molecule has 0 saturated heterocycles. The van der Waals surface area contributed by atoms with E-state index in [0.29, 0.717) is 29.8 Å². The third-order valence-electron chi connectivity index (χ3n) is 3.47. The van der Waals surface area contributed by atoms with Gasteiger partial charge in [-0.05, 0) is 25.8 Å². The second-order valence-corrected chi connectivity index (χ2v) is 6.27. The van der Waals surface area contributed by atoms with Crippen molar-refractivity contribution in [3.05, 3.63) is 15.8 Å². The van der Waals surface area contributed by atoms with Crippen molar-refractivity contribution in [1.82, 2.24) is 5.32 Å². The van der Waals surface area contributed by atoms with Gasteiger partial charge < -0.3 is 15.8 Å². The number of amides is 1. The van der Waals surface area contributed by atoms with Crippen molar-refractivity contribution >= 4 is 22.9 Å². The topological polar surface area (TPSA) is 64.3 Å². The van der Waals surface area contributed by atoms with Gasteiger partial charge in [-0.25, -0.2) is 0 Å². The standard InChI is InChI=1S/C14H22N2O2S/c1-10-12(15)9-13(19-10)14(17)16-7-8-18-11-5-3-2-4-6-11/h9,11H,2-8,15H2,1H3,(H,16,17). The van der Waals surface area contributed by atoms with Crippen LogP contribution in [0.15, 0.2) is 6.07 Å². The number of ether oxygens (including phenoxy) is 1. The third-order valence-corrected chi connectivity index (χ3v) is 4.54. The Labute approximate surface area is 118 Å². The maximum absolute atomic E-state index is 11.8. The first-order valence-electron chi connectivity index (χ1n) is 6.92. The number of nitrogens with two attached hydrogens (primary N) is 1. The van der Waals surface area contributed by atoms with E-state index in [4.69, 9.17) is 10.5 Å². The number of thiophene rings is 1. The van der Waals surface area contributed by atoms with Gasteiger partial charge in [0, 0.05) is 17.1 Å². The molecule has 0 unspecified atom stereocenters. The predicted molar refractivity (Wildman–Crippen MR) is 78.6 cm³/mol. The predicted octanol–water partition coefficient (Wildman–Crippen LogP) is 2.72. The molecule has 1 aliphatic rings. The second-order valence-electron chi connectivity index (χ2n) is 5.01. The molecule has 106 valence electrons. The second kappa shape index (κ2) is 6.91. The highest BCUT2D eigenvalue weighted by Gasteiger charge is 2.14. The van der Waals surface area contributed by atoms with Gasteiger partial charge in [0.1, 0.15) is 0 Å². The summed E-state index contributed by atoms with van der Waals surface area (Å²) in [4.78, 5) is 13.5. The maximum atomic E-state index is 11.8. The van der Waals surface area contributed by atoms with Crippen LogP contribution in [0.5, 0.6) is 0 Å². The fourth-order valence-corrected chi connectivity index (χ4v) is 3.17. The Bertz CT molecular complexity index is 406. The van der Waals surface area contributed by atoms with Crippen LogP contribution in [-0.2, 0) is 4.74 Å². The summed E-state index contributed by atoms with van der Waals surface area (Å²) in [6.45, 7) is 3.07. The molecule has 5 heteroatoms. The minimum absolute atomic E-state index is 0.0583. The molecule has 0 aromatic carbocycles. The Balaban J connectivity index is 1.66. The molecule has 1 aliphatic carbocycles. The lowest BCUT2D eigenvalue weighted by Gasteiger charge is -2.21. The molecule has 1 aromatic rings. The van der Waals surface area contributed by atoms with Crippen LogP contribution in [0.2, 0.25) is 0 Å². The van der Waals surface area contributed by atoms with E-state index in [2.05, 4.69) is 5.32 Å². The van der Waals surface area contributed by atoms with Gasteiger partial charge in [-0.3, -0.25) is 4.79 Å². The lowest BCUT2D eigenvalue weighted by atomic mass is 9.98. The summed E-state index contributed by atoms with van der Waals surface area (Å²) in [6, 6.07) is 1.73. The van der Waals surface area contributed by atoms with Gasteiger partial charge in [0.05, 0.1) is 17.6 Å². The molecule has 0 radical (unpaired) electrons. The van der Waals surface area contributed by atoms with Crippen molar-refractivity contribution in [3.63, 3.8) is 0 Å². The Morgan fingerprint density at radius 2 is 2.21 bits per heavy atom. The summed E-state index contributed by atoms with van der Waals surface area (Å²) >= 11 is 1.43. The summed E-state index contributed by atoms with van der Waals surface area (Å²) in [5.74, 6) is -0.0583. The van der Waals surface area contributed by atoms with Crippen molar-refractivity contribution in [2.45, 2.75) is 45.1 Å². The van der Waals surface area contributed by atoms with E-state index in [-0.39, 0.29) is 5.91 Å². The zero-order valence-corrected chi connectivity index (χ0v) is 12.2. The molecule has 1 amide bonds. The van der Waals surface area contributed by atoms with E-state index < -0.39 is 0 Å². The van der Waals surface area contributed by atoms with E-state index in [9.17, 15) is 4.79 Å². The highest BCUT2D eigenvalue weighted by molar-refractivity contribution is 7.14. The molecule has 1 saturated carbocycles. The zero-order valence-electron chi connectivity index (χ0n) is 11.4. The number of rotatable bonds is 5. The summed E-state index contributed by atoms with van der Waals surface area (Å²) in [5.41, 5.74) is 6.43. The quantitative estimate of drug-likeness (QED) is 0.816. The van der Waals surface area contributed by atoms with Gasteiger partial charge in [-0.2, -0.15) is 0 Å². The molecule has 1 fully saturated rings. The average molecular weight is 282 g/mol. The smallest absolute Gasteiger partial charge is 0.261 e. The third kappa shape index (κ3) is 4.21. The van der Waals surface area contributed by atoms with Crippen LogP contribution in [0.25, 0.3) is 0 Å². The molecule has 0 bridgehead atoms. The average Bonchev–Trinajstić information content (AvgIpc) is 2.76. The number of nitrogens with one attached hydrogen (secondary N) is 1. The molecule has 4 nitrogen and oxygen atoms in total. The Kier molecular flexibility index (Phi) is 5.22. The normalized spacial score (nSPS) is 16.5. The number of nitrogen functional groups attached to an aromatic ring is 1. The van der Waals surface area contributed by atoms with Crippen LogP contribution >= 0.6 is 11.3 Å². The van der Waals surface area contributed by atoms with E-state index in [1.165, 1.54) is 30.6 Å². The number of carbonyl (C=O) groups is 1. The largest absolute Gasteiger partial charge is 0.398 e. The van der Waals surface area contributed by atoms with Crippen LogP contribution in [0.3, 0.4) is 0 Å². The molecule has 2 rings (SSSR count). The lowest BCUT2D eigenvalue weighted by Crippen LogP contribution is -2.28. The minimum Gasteiger partial charge on any atom is -0.398 e. The van der Waals surface area contributed by atoms with Crippen LogP contribution < -0.4 is 11.1 Å². The summed E-state index contributed by atoms with van der Waals surface area (Å²) in [7, 11) is 0. The number of aryl methyl sites for hydroxylation is 1. The maximum Gasteiger partial charge on any atom is 0.261 e. The molecule has 3 N–H and O–H groups in total. The van der Waals surface area contributed by atoms with Gasteiger partial charge in [0.2, 0.25) is 0 Å². The summed E-state index contributed by atoms with van der Waals surface area (Å²) in [5, 5.41) is 2.87. The highest BCUT2D eigenvalue weighted by Crippen LogP contribution is 2.23. The Morgan fingerprint density at radius 3 is 2.84 bits per heavy atom. The van der Waals surface area contributed by atoms with Crippen LogP contribution in [-0.4, -0.2) is 25.2 Å². The molecular formula is C14H22N2O2S. The van der Waals surface area contributed by atoms with Gasteiger partial charge >= 0.3 is 0 Å². The zero-order chi connectivity index (χ0) is 13.7. The Morgan fingerprint density at radius 1 is 1.47 bits per heavy atom. The van der Waals surface area contributed by atoms with Gasteiger partial charge in [-0.15, -0.1) is 11.3 Å². The van der Waals surface area contributed by atoms with E-state index in [1.54, 1.807) is 6.07 Å². The van der Waals surface area contributed by atoms with Crippen molar-refractivity contribution < 1.29 is 9.53 Å². The van der Waals surface area contributed by atoms with Crippen LogP contribution in [0, 0.1) is 6.92 Å². The number of hydrogen-bond acceptors (Lipinski definition) is 4. The van der Waals surface area contributed by atoms with Crippen LogP contribution in [0.1, 0.15) is 46.7 Å². The van der Waals surface area contributed by atoms with E-state index in [0.717, 1.165) is 17.7 Å². The van der Waals surface area contributed by atoms with Gasteiger partial charge in [0.15, 0.2) is 0 Å². The lowest BCUT2D eigenvalue weighted by molar-refractivity contribution is 0.0300. The first-order valence-corrected chi connectivity index (χ1v) is 7.74.